The van der Waals surface area contributed by atoms with E-state index in [4.69, 9.17) is 0 Å². The Labute approximate surface area is 173 Å². The van der Waals surface area contributed by atoms with Crippen LogP contribution in [0.5, 0.6) is 0 Å². The van der Waals surface area contributed by atoms with Crippen molar-refractivity contribution in [1.82, 2.24) is 4.90 Å². The normalized spacial score (nSPS) is 16.5. The first-order chi connectivity index (χ1) is 14.1. The van der Waals surface area contributed by atoms with Gasteiger partial charge in [0.25, 0.3) is 5.91 Å². The van der Waals surface area contributed by atoms with Gasteiger partial charge in [0.15, 0.2) is 0 Å². The number of hydrogen-bond donors (Lipinski definition) is 0. The van der Waals surface area contributed by atoms with Crippen LogP contribution < -0.4 is 4.31 Å². The van der Waals surface area contributed by atoms with Gasteiger partial charge in [-0.05, 0) is 54.7 Å². The second kappa shape index (κ2) is 7.30. The number of hydrogen-bond acceptors (Lipinski definition) is 3. The molecule has 9 heteroatoms. The van der Waals surface area contributed by atoms with Gasteiger partial charge >= 0.3 is 6.18 Å². The Bertz CT molecular complexity index is 1090. The molecule has 1 aliphatic heterocycles. The number of halogens is 3. The summed E-state index contributed by atoms with van der Waals surface area (Å²) in [6.07, 6.45) is -1.35. The largest absolute Gasteiger partial charge is 0.416 e. The molecule has 0 bridgehead atoms. The Balaban J connectivity index is 1.62. The number of anilines is 1. The first kappa shape index (κ1) is 20.7. The molecule has 160 valence electrons. The third-order valence-corrected chi connectivity index (χ3v) is 6.67. The molecular formula is C21H21F3N2O3S. The van der Waals surface area contributed by atoms with Crippen molar-refractivity contribution >= 4 is 21.6 Å². The molecule has 2 aromatic carbocycles. The molecule has 0 spiro atoms. The SMILES string of the molecule is CS(=O)(=O)N1CCc2cc(C(=O)N(Cc3ccccc3C(F)(F)F)C3CC3)ccc21. The van der Waals surface area contributed by atoms with Gasteiger partial charge in [-0.15, -0.1) is 0 Å². The van der Waals surface area contributed by atoms with Crippen molar-refractivity contribution in [1.29, 1.82) is 0 Å². The minimum Gasteiger partial charge on any atom is -0.331 e. The average Bonchev–Trinajstić information content (AvgIpc) is 3.41. The van der Waals surface area contributed by atoms with Gasteiger partial charge in [0.05, 0.1) is 17.5 Å². The predicted molar refractivity (Wildman–Crippen MR) is 107 cm³/mol. The number of fused-ring (bicyclic) bond motifs is 1. The van der Waals surface area contributed by atoms with Gasteiger partial charge in [0.2, 0.25) is 10.0 Å². The standard InChI is InChI=1S/C21H21F3N2O3S/c1-30(28,29)26-11-10-14-12-15(6-9-19(14)26)20(27)25(17-7-8-17)13-16-4-2-3-5-18(16)21(22,23)24/h2-6,9,12,17H,7-8,10-11,13H2,1H3. The van der Waals surface area contributed by atoms with Gasteiger partial charge in [0.1, 0.15) is 0 Å². The maximum absolute atomic E-state index is 13.4. The van der Waals surface area contributed by atoms with Crippen molar-refractivity contribution in [3.63, 3.8) is 0 Å². The van der Waals surface area contributed by atoms with Gasteiger partial charge < -0.3 is 4.90 Å². The topological polar surface area (TPSA) is 57.7 Å². The highest BCUT2D eigenvalue weighted by molar-refractivity contribution is 7.92. The van der Waals surface area contributed by atoms with E-state index in [1.807, 2.05) is 0 Å². The smallest absolute Gasteiger partial charge is 0.331 e. The molecule has 1 aliphatic carbocycles. The summed E-state index contributed by atoms with van der Waals surface area (Å²) in [6, 6.07) is 10.0. The van der Waals surface area contributed by atoms with Gasteiger partial charge in [-0.1, -0.05) is 18.2 Å². The summed E-state index contributed by atoms with van der Waals surface area (Å²) in [5, 5.41) is 0. The van der Waals surface area contributed by atoms with E-state index < -0.39 is 21.8 Å². The molecule has 2 aromatic rings. The fourth-order valence-electron chi connectivity index (χ4n) is 3.89. The molecule has 0 N–H and O–H groups in total. The lowest BCUT2D eigenvalue weighted by molar-refractivity contribution is -0.138. The quantitative estimate of drug-likeness (QED) is 0.713. The predicted octanol–water partition coefficient (Wildman–Crippen LogP) is 3.83. The molecular weight excluding hydrogens is 417 g/mol. The summed E-state index contributed by atoms with van der Waals surface area (Å²) in [5.41, 5.74) is 0.989. The van der Waals surface area contributed by atoms with Crippen LogP contribution in [0.15, 0.2) is 42.5 Å². The van der Waals surface area contributed by atoms with Crippen molar-refractivity contribution in [2.45, 2.75) is 38.0 Å². The number of nitrogens with zero attached hydrogens (tertiary/aromatic N) is 2. The maximum Gasteiger partial charge on any atom is 0.416 e. The van der Waals surface area contributed by atoms with Crippen LogP contribution in [-0.2, 0) is 29.2 Å². The lowest BCUT2D eigenvalue weighted by Gasteiger charge is -2.25. The minimum atomic E-state index is -4.49. The summed E-state index contributed by atoms with van der Waals surface area (Å²) in [7, 11) is -3.40. The molecule has 4 rings (SSSR count). The zero-order chi connectivity index (χ0) is 21.7. The van der Waals surface area contributed by atoms with E-state index in [0.29, 0.717) is 24.2 Å². The van der Waals surface area contributed by atoms with E-state index >= 15 is 0 Å². The van der Waals surface area contributed by atoms with E-state index in [1.54, 1.807) is 18.2 Å². The molecule has 0 atom stereocenters. The maximum atomic E-state index is 13.4. The number of carbonyl (C=O) groups excluding carboxylic acids is 1. The van der Waals surface area contributed by atoms with Crippen molar-refractivity contribution in [3.8, 4) is 0 Å². The van der Waals surface area contributed by atoms with Crippen LogP contribution in [0.2, 0.25) is 0 Å². The lowest BCUT2D eigenvalue weighted by Crippen LogP contribution is -2.33. The van der Waals surface area contributed by atoms with Crippen molar-refractivity contribution in [2.75, 3.05) is 17.1 Å². The van der Waals surface area contributed by atoms with Crippen LogP contribution in [0.4, 0.5) is 18.9 Å². The molecule has 1 fully saturated rings. The molecule has 0 saturated heterocycles. The summed E-state index contributed by atoms with van der Waals surface area (Å²) >= 11 is 0. The molecule has 2 aliphatic rings. The second-order valence-electron chi connectivity index (χ2n) is 7.75. The first-order valence-electron chi connectivity index (χ1n) is 9.62. The van der Waals surface area contributed by atoms with Crippen molar-refractivity contribution in [3.05, 3.63) is 64.7 Å². The third kappa shape index (κ3) is 4.03. The number of carbonyl (C=O) groups is 1. The number of amides is 1. The van der Waals surface area contributed by atoms with Crippen LogP contribution in [-0.4, -0.2) is 38.1 Å². The van der Waals surface area contributed by atoms with Crippen LogP contribution >= 0.6 is 0 Å². The zero-order valence-electron chi connectivity index (χ0n) is 16.3. The Morgan fingerprint density at radius 1 is 1.17 bits per heavy atom. The highest BCUT2D eigenvalue weighted by atomic mass is 32.2. The van der Waals surface area contributed by atoms with Crippen molar-refractivity contribution in [2.24, 2.45) is 0 Å². The Morgan fingerprint density at radius 2 is 1.87 bits per heavy atom. The van der Waals surface area contributed by atoms with E-state index in [-0.39, 0.29) is 24.1 Å². The second-order valence-corrected chi connectivity index (χ2v) is 9.65. The Hall–Kier alpha value is -2.55. The summed E-state index contributed by atoms with van der Waals surface area (Å²) < 4.78 is 65.2. The summed E-state index contributed by atoms with van der Waals surface area (Å²) in [6.45, 7) is 0.197. The van der Waals surface area contributed by atoms with Gasteiger partial charge in [-0.3, -0.25) is 9.10 Å². The Kier molecular flexibility index (Phi) is 5.04. The third-order valence-electron chi connectivity index (χ3n) is 5.49. The number of alkyl halides is 3. The number of benzene rings is 2. The molecule has 0 radical (unpaired) electrons. The van der Waals surface area contributed by atoms with Crippen LogP contribution in [0.25, 0.3) is 0 Å². The fraction of sp³-hybridized carbons (Fsp3) is 0.381. The Morgan fingerprint density at radius 3 is 2.50 bits per heavy atom. The average molecular weight is 438 g/mol. The molecule has 30 heavy (non-hydrogen) atoms. The fourth-order valence-corrected chi connectivity index (χ4v) is 4.84. The number of rotatable bonds is 5. The van der Waals surface area contributed by atoms with Crippen LogP contribution in [0.3, 0.4) is 0 Å². The van der Waals surface area contributed by atoms with Gasteiger partial charge in [-0.25, -0.2) is 8.42 Å². The molecule has 5 nitrogen and oxygen atoms in total. The van der Waals surface area contributed by atoms with Gasteiger partial charge in [-0.2, -0.15) is 13.2 Å². The van der Waals surface area contributed by atoms with Crippen LogP contribution in [0, 0.1) is 0 Å². The van der Waals surface area contributed by atoms with E-state index in [2.05, 4.69) is 0 Å². The van der Waals surface area contributed by atoms with Crippen molar-refractivity contribution < 1.29 is 26.4 Å². The zero-order valence-corrected chi connectivity index (χ0v) is 17.1. The molecule has 1 saturated carbocycles. The molecule has 1 heterocycles. The highest BCUT2D eigenvalue weighted by Gasteiger charge is 2.37. The summed E-state index contributed by atoms with van der Waals surface area (Å²) in [5.74, 6) is -0.338. The minimum absolute atomic E-state index is 0.0645. The summed E-state index contributed by atoms with van der Waals surface area (Å²) in [4.78, 5) is 14.7. The monoisotopic (exact) mass is 438 g/mol. The van der Waals surface area contributed by atoms with Crippen LogP contribution in [0.1, 0.15) is 39.9 Å². The molecule has 0 aromatic heterocycles. The van der Waals surface area contributed by atoms with E-state index in [0.717, 1.165) is 30.7 Å². The lowest BCUT2D eigenvalue weighted by atomic mass is 10.0. The first-order valence-corrected chi connectivity index (χ1v) is 11.5. The van der Waals surface area contributed by atoms with Gasteiger partial charge in [0, 0.05) is 24.7 Å². The van der Waals surface area contributed by atoms with E-state index in [1.165, 1.54) is 27.4 Å². The highest BCUT2D eigenvalue weighted by Crippen LogP contribution is 2.36. The van der Waals surface area contributed by atoms with E-state index in [9.17, 15) is 26.4 Å². The molecule has 0 unspecified atom stereocenters. The number of sulfonamides is 1. The molecule has 1 amide bonds.